The van der Waals surface area contributed by atoms with Crippen molar-refractivity contribution in [2.24, 2.45) is 5.41 Å². The van der Waals surface area contributed by atoms with Gasteiger partial charge in [0.25, 0.3) is 0 Å². The minimum absolute atomic E-state index is 0.239. The van der Waals surface area contributed by atoms with Crippen LogP contribution in [0, 0.1) is 5.41 Å². The molecule has 2 rings (SSSR count). The number of nitrogens with zero attached hydrogens (tertiary/aromatic N) is 1. The van der Waals surface area contributed by atoms with Crippen molar-refractivity contribution in [2.75, 3.05) is 6.54 Å². The summed E-state index contributed by atoms with van der Waals surface area (Å²) in [5.74, 6) is 0. The van der Waals surface area contributed by atoms with E-state index in [0.717, 1.165) is 18.5 Å². The topological polar surface area (TPSA) is 24.9 Å². The van der Waals surface area contributed by atoms with Crippen LogP contribution in [0.2, 0.25) is 0 Å². The Kier molecular flexibility index (Phi) is 4.20. The highest BCUT2D eigenvalue weighted by Gasteiger charge is 2.24. The lowest BCUT2D eigenvalue weighted by Gasteiger charge is -2.31. The van der Waals surface area contributed by atoms with Crippen LogP contribution < -0.4 is 5.32 Å². The third-order valence-electron chi connectivity index (χ3n) is 3.57. The third-order valence-corrected chi connectivity index (χ3v) is 3.57. The van der Waals surface area contributed by atoms with Crippen molar-refractivity contribution in [3.63, 3.8) is 0 Å². The molecule has 1 aromatic carbocycles. The molecule has 19 heavy (non-hydrogen) atoms. The van der Waals surface area contributed by atoms with Crippen LogP contribution in [0.4, 0.5) is 0 Å². The molecule has 0 saturated carbocycles. The molecule has 1 heterocycles. The Hall–Kier alpha value is -1.41. The summed E-state index contributed by atoms with van der Waals surface area (Å²) >= 11 is 0. The van der Waals surface area contributed by atoms with Gasteiger partial charge in [-0.25, -0.2) is 0 Å². The van der Waals surface area contributed by atoms with Gasteiger partial charge in [-0.05, 0) is 24.1 Å². The van der Waals surface area contributed by atoms with Gasteiger partial charge in [-0.15, -0.1) is 0 Å². The summed E-state index contributed by atoms with van der Waals surface area (Å²) in [7, 11) is 0. The zero-order valence-corrected chi connectivity index (χ0v) is 12.4. The van der Waals surface area contributed by atoms with E-state index in [1.807, 2.05) is 6.07 Å². The maximum Gasteiger partial charge on any atom is 0.0705 e. The highest BCUT2D eigenvalue weighted by atomic mass is 14.9. The molecule has 0 aliphatic heterocycles. The molecule has 0 saturated heterocycles. The van der Waals surface area contributed by atoms with E-state index in [1.165, 1.54) is 11.1 Å². The number of likely N-dealkylation sites (N-methyl/N-ethyl adjacent to an activating group) is 1. The lowest BCUT2D eigenvalue weighted by atomic mass is 9.84. The van der Waals surface area contributed by atoms with Crippen LogP contribution in [-0.4, -0.2) is 17.6 Å². The predicted octanol–water partition coefficient (Wildman–Crippen LogP) is 3.80. The van der Waals surface area contributed by atoms with Gasteiger partial charge in [0.2, 0.25) is 0 Å². The molecular formula is C17H24N2. The van der Waals surface area contributed by atoms with E-state index >= 15 is 0 Å². The van der Waals surface area contributed by atoms with Crippen LogP contribution >= 0.6 is 0 Å². The molecule has 102 valence electrons. The highest BCUT2D eigenvalue weighted by Crippen LogP contribution is 2.23. The van der Waals surface area contributed by atoms with Crippen LogP contribution in [0.25, 0.3) is 10.9 Å². The molecule has 1 unspecified atom stereocenters. The van der Waals surface area contributed by atoms with E-state index in [9.17, 15) is 0 Å². The monoisotopic (exact) mass is 256 g/mol. The second-order valence-electron chi connectivity index (χ2n) is 6.18. The summed E-state index contributed by atoms with van der Waals surface area (Å²) in [4.78, 5) is 4.77. The quantitative estimate of drug-likeness (QED) is 0.900. The molecule has 0 aliphatic rings. The van der Waals surface area contributed by atoms with Gasteiger partial charge in [-0.3, -0.25) is 4.98 Å². The largest absolute Gasteiger partial charge is 0.313 e. The number of hydrogen-bond acceptors (Lipinski definition) is 2. The average Bonchev–Trinajstić information content (AvgIpc) is 2.37. The van der Waals surface area contributed by atoms with E-state index in [1.54, 1.807) is 0 Å². The molecule has 0 bridgehead atoms. The Bertz CT molecular complexity index is 540. The molecule has 1 atom stereocenters. The maximum absolute atomic E-state index is 4.77. The number of para-hydroxylation sites is 1. The van der Waals surface area contributed by atoms with Gasteiger partial charge in [-0.2, -0.15) is 0 Å². The van der Waals surface area contributed by atoms with Gasteiger partial charge in [-0.1, -0.05) is 52.0 Å². The van der Waals surface area contributed by atoms with Gasteiger partial charge in [0.1, 0.15) is 0 Å². The molecule has 2 aromatic rings. The van der Waals surface area contributed by atoms with Crippen molar-refractivity contribution < 1.29 is 0 Å². The fraction of sp³-hybridized carbons (Fsp3) is 0.471. The lowest BCUT2D eigenvalue weighted by molar-refractivity contribution is 0.269. The van der Waals surface area contributed by atoms with E-state index in [4.69, 9.17) is 4.98 Å². The van der Waals surface area contributed by atoms with Crippen molar-refractivity contribution in [3.8, 4) is 0 Å². The summed E-state index contributed by atoms with van der Waals surface area (Å²) in [6.07, 6.45) is 0.974. The second-order valence-corrected chi connectivity index (χ2v) is 6.18. The molecule has 0 spiro atoms. The molecule has 1 aromatic heterocycles. The Labute approximate surface area is 116 Å². The number of aromatic nitrogens is 1. The van der Waals surface area contributed by atoms with Gasteiger partial charge in [0.05, 0.1) is 5.52 Å². The van der Waals surface area contributed by atoms with Crippen LogP contribution in [0.5, 0.6) is 0 Å². The van der Waals surface area contributed by atoms with Crippen molar-refractivity contribution in [3.05, 3.63) is 42.1 Å². The van der Waals surface area contributed by atoms with E-state index in [2.05, 4.69) is 63.3 Å². The Morgan fingerprint density at radius 3 is 2.53 bits per heavy atom. The van der Waals surface area contributed by atoms with Crippen LogP contribution in [0.1, 0.15) is 33.4 Å². The summed E-state index contributed by atoms with van der Waals surface area (Å²) < 4.78 is 0. The van der Waals surface area contributed by atoms with Crippen molar-refractivity contribution >= 4 is 10.9 Å². The fourth-order valence-electron chi connectivity index (χ4n) is 2.36. The minimum Gasteiger partial charge on any atom is -0.313 e. The first-order valence-corrected chi connectivity index (χ1v) is 7.09. The van der Waals surface area contributed by atoms with Gasteiger partial charge in [0.15, 0.2) is 0 Å². The first-order chi connectivity index (χ1) is 9.00. The van der Waals surface area contributed by atoms with E-state index < -0.39 is 0 Å². The number of rotatable bonds is 4. The number of pyridine rings is 1. The summed E-state index contributed by atoms with van der Waals surface area (Å²) in [6, 6.07) is 13.1. The minimum atomic E-state index is 0.239. The molecule has 2 heteroatoms. The van der Waals surface area contributed by atoms with E-state index in [0.29, 0.717) is 6.04 Å². The van der Waals surface area contributed by atoms with Gasteiger partial charge < -0.3 is 5.32 Å². The zero-order valence-electron chi connectivity index (χ0n) is 12.4. The van der Waals surface area contributed by atoms with Crippen LogP contribution in [0.3, 0.4) is 0 Å². The van der Waals surface area contributed by atoms with Crippen molar-refractivity contribution in [1.82, 2.24) is 10.3 Å². The number of fused-ring (bicyclic) bond motifs is 1. The lowest BCUT2D eigenvalue weighted by Crippen LogP contribution is -2.42. The smallest absolute Gasteiger partial charge is 0.0705 e. The molecular weight excluding hydrogens is 232 g/mol. The van der Waals surface area contributed by atoms with Gasteiger partial charge in [0, 0.05) is 23.5 Å². The zero-order chi connectivity index (χ0) is 13.9. The standard InChI is InChI=1S/C17H24N2/c1-5-18-16(17(2,3)4)12-14-11-10-13-8-6-7-9-15(13)19-14/h6-11,16,18H,5,12H2,1-4H3. The maximum atomic E-state index is 4.77. The second kappa shape index (κ2) is 5.70. The molecule has 0 radical (unpaired) electrons. The summed E-state index contributed by atoms with van der Waals surface area (Å²) in [5.41, 5.74) is 2.49. The average molecular weight is 256 g/mol. The predicted molar refractivity (Wildman–Crippen MR) is 82.4 cm³/mol. The Balaban J connectivity index is 2.23. The van der Waals surface area contributed by atoms with Gasteiger partial charge >= 0.3 is 0 Å². The van der Waals surface area contributed by atoms with Crippen LogP contribution in [0.15, 0.2) is 36.4 Å². The molecule has 2 nitrogen and oxygen atoms in total. The molecule has 0 fully saturated rings. The number of hydrogen-bond donors (Lipinski definition) is 1. The third kappa shape index (κ3) is 3.54. The first kappa shape index (κ1) is 14.0. The molecule has 1 N–H and O–H groups in total. The number of benzene rings is 1. The van der Waals surface area contributed by atoms with Crippen LogP contribution in [-0.2, 0) is 6.42 Å². The van der Waals surface area contributed by atoms with Crippen molar-refractivity contribution in [2.45, 2.75) is 40.2 Å². The Morgan fingerprint density at radius 1 is 1.11 bits per heavy atom. The molecule has 0 amide bonds. The summed E-state index contributed by atoms with van der Waals surface area (Å²) in [6.45, 7) is 9.99. The highest BCUT2D eigenvalue weighted by molar-refractivity contribution is 5.78. The SMILES string of the molecule is CCNC(Cc1ccc2ccccc2n1)C(C)(C)C. The van der Waals surface area contributed by atoms with Crippen molar-refractivity contribution in [1.29, 1.82) is 0 Å². The normalized spacial score (nSPS) is 13.7. The first-order valence-electron chi connectivity index (χ1n) is 7.09. The molecule has 0 aliphatic carbocycles. The Morgan fingerprint density at radius 2 is 1.84 bits per heavy atom. The number of nitrogens with one attached hydrogen (secondary N) is 1. The fourth-order valence-corrected chi connectivity index (χ4v) is 2.36. The summed E-state index contributed by atoms with van der Waals surface area (Å²) in [5, 5.41) is 4.79. The van der Waals surface area contributed by atoms with E-state index in [-0.39, 0.29) is 5.41 Å².